The maximum atomic E-state index is 12.0. The second kappa shape index (κ2) is 8.22. The fourth-order valence-corrected chi connectivity index (χ4v) is 2.88. The minimum Gasteiger partial charge on any atom is -0.338 e. The Labute approximate surface area is 166 Å². The molecule has 0 unspecified atom stereocenters. The fraction of sp³-hybridized carbons (Fsp3) is 0. The van der Waals surface area contributed by atoms with Gasteiger partial charge in [0.2, 0.25) is 0 Å². The van der Waals surface area contributed by atoms with E-state index in [2.05, 4.69) is 10.3 Å². The summed E-state index contributed by atoms with van der Waals surface area (Å²) in [5.41, 5.74) is 3.07. The Morgan fingerprint density at radius 1 is 0.828 bits per heavy atom. The molecule has 0 radical (unpaired) electrons. The Hall–Kier alpha value is -4.19. The molecule has 0 amide bonds. The molecule has 29 heavy (non-hydrogen) atoms. The monoisotopic (exact) mass is 384 g/mol. The molecule has 3 aromatic rings. The molecular formula is C23H16N2O4. The predicted octanol–water partition coefficient (Wildman–Crippen LogP) is 4.09. The molecule has 0 aliphatic carbocycles. The Balaban J connectivity index is 1.53. The number of hydrogen-bond acceptors (Lipinski definition) is 5. The van der Waals surface area contributed by atoms with E-state index >= 15 is 0 Å². The number of benzene rings is 2. The van der Waals surface area contributed by atoms with Crippen LogP contribution < -0.4 is 5.63 Å². The molecule has 6 nitrogen and oxygen atoms in total. The summed E-state index contributed by atoms with van der Waals surface area (Å²) in [5.74, 6) is -0.505. The first-order valence-electron chi connectivity index (χ1n) is 8.91. The van der Waals surface area contributed by atoms with Crippen LogP contribution in [-0.2, 0) is 9.63 Å². The normalized spacial score (nSPS) is 15.4. The number of nitrogens with zero attached hydrogens (tertiary/aromatic N) is 1. The van der Waals surface area contributed by atoms with Crippen molar-refractivity contribution in [3.8, 4) is 11.3 Å². The van der Waals surface area contributed by atoms with Gasteiger partial charge in [0.1, 0.15) is 5.71 Å². The van der Waals surface area contributed by atoms with Crippen molar-refractivity contribution in [1.29, 1.82) is 0 Å². The first-order chi connectivity index (χ1) is 14.2. The third kappa shape index (κ3) is 3.91. The van der Waals surface area contributed by atoms with Crippen molar-refractivity contribution < 1.29 is 14.2 Å². The molecule has 4 rings (SSSR count). The highest BCUT2D eigenvalue weighted by Gasteiger charge is 2.25. The number of carbonyl (C=O) groups excluding carboxylic acids is 1. The lowest BCUT2D eigenvalue weighted by molar-refractivity contribution is -0.136. The van der Waals surface area contributed by atoms with Gasteiger partial charge in [-0.25, -0.2) is 14.7 Å². The van der Waals surface area contributed by atoms with E-state index in [-0.39, 0.29) is 0 Å². The van der Waals surface area contributed by atoms with Crippen molar-refractivity contribution in [2.45, 2.75) is 0 Å². The van der Waals surface area contributed by atoms with Crippen molar-refractivity contribution in [2.24, 2.45) is 5.16 Å². The van der Waals surface area contributed by atoms with Gasteiger partial charge in [0.15, 0.2) is 0 Å². The molecule has 1 aliphatic heterocycles. The molecule has 0 atom stereocenters. The van der Waals surface area contributed by atoms with E-state index in [9.17, 15) is 9.59 Å². The number of allylic oxidation sites excluding steroid dienone is 4. The first-order valence-corrected chi connectivity index (χ1v) is 8.91. The van der Waals surface area contributed by atoms with E-state index in [1.165, 1.54) is 0 Å². The van der Waals surface area contributed by atoms with Gasteiger partial charge in [-0.3, -0.25) is 0 Å². The van der Waals surface area contributed by atoms with Crippen LogP contribution in [0.2, 0.25) is 0 Å². The fourth-order valence-electron chi connectivity index (χ4n) is 2.88. The number of aromatic nitrogens is 1. The number of carbonyl (C=O) groups is 1. The summed E-state index contributed by atoms with van der Waals surface area (Å²) in [7, 11) is 0. The second-order valence-corrected chi connectivity index (χ2v) is 6.16. The van der Waals surface area contributed by atoms with Gasteiger partial charge in [0, 0.05) is 11.1 Å². The highest BCUT2D eigenvalue weighted by molar-refractivity contribution is 6.28. The van der Waals surface area contributed by atoms with Crippen LogP contribution >= 0.6 is 0 Å². The summed E-state index contributed by atoms with van der Waals surface area (Å²) >= 11 is 0. The number of rotatable bonds is 5. The largest absolute Gasteiger partial charge is 0.368 e. The van der Waals surface area contributed by atoms with Gasteiger partial charge in [-0.05, 0) is 12.2 Å². The van der Waals surface area contributed by atoms with E-state index in [4.69, 9.17) is 9.36 Å². The topological polar surface area (TPSA) is 84.7 Å². The van der Waals surface area contributed by atoms with Crippen molar-refractivity contribution in [1.82, 2.24) is 5.16 Å². The number of nitrogens with one attached hydrogen (secondary N) is 1. The van der Waals surface area contributed by atoms with Crippen LogP contribution in [0.15, 0.2) is 105 Å². The van der Waals surface area contributed by atoms with Gasteiger partial charge >= 0.3 is 11.6 Å². The van der Waals surface area contributed by atoms with Gasteiger partial charge < -0.3 is 9.36 Å². The maximum Gasteiger partial charge on any atom is 0.368 e. The molecule has 0 bridgehead atoms. The van der Waals surface area contributed by atoms with E-state index < -0.39 is 11.6 Å². The average molecular weight is 384 g/mol. The molecule has 0 spiro atoms. The quantitative estimate of drug-likeness (QED) is 0.408. The standard InChI is InChI=1S/C23H16N2O4/c26-22-18(20(24-28-22)16-10-4-1-5-11-16)14-8-3-9-15-19-21(25-29-23(19)27)17-12-6-2-7-13-17/h1-15,24H/b9-3+,14-8-,19-15+. The Morgan fingerprint density at radius 2 is 1.52 bits per heavy atom. The minimum absolute atomic E-state index is 0.368. The number of H-pyrrole nitrogens is 1. The Bertz CT molecular complexity index is 1200. The molecular weight excluding hydrogens is 368 g/mol. The predicted molar refractivity (Wildman–Crippen MR) is 110 cm³/mol. The van der Waals surface area contributed by atoms with Gasteiger partial charge in [0.25, 0.3) is 0 Å². The maximum absolute atomic E-state index is 12.0. The van der Waals surface area contributed by atoms with Crippen molar-refractivity contribution in [3.05, 3.63) is 112 Å². The number of aromatic amines is 1. The highest BCUT2D eigenvalue weighted by Crippen LogP contribution is 2.20. The van der Waals surface area contributed by atoms with Gasteiger partial charge in [-0.15, -0.1) is 0 Å². The first kappa shape index (κ1) is 18.2. The summed E-state index contributed by atoms with van der Waals surface area (Å²) in [6, 6.07) is 18.8. The molecule has 1 aromatic heterocycles. The lowest BCUT2D eigenvalue weighted by Crippen LogP contribution is -2.06. The molecule has 2 aromatic carbocycles. The molecule has 1 N–H and O–H groups in total. The molecule has 0 saturated heterocycles. The number of hydrogen-bond donors (Lipinski definition) is 1. The van der Waals surface area contributed by atoms with E-state index in [0.29, 0.717) is 22.5 Å². The summed E-state index contributed by atoms with van der Waals surface area (Å²) in [6.07, 6.45) is 8.38. The van der Waals surface area contributed by atoms with Crippen LogP contribution in [-0.4, -0.2) is 16.8 Å². The lowest BCUT2D eigenvalue weighted by atomic mass is 10.0. The summed E-state index contributed by atoms with van der Waals surface area (Å²) in [4.78, 5) is 28.7. The molecule has 142 valence electrons. The Kier molecular flexibility index (Phi) is 5.16. The molecule has 2 heterocycles. The molecule has 6 heteroatoms. The average Bonchev–Trinajstić information content (AvgIpc) is 3.32. The van der Waals surface area contributed by atoms with Crippen LogP contribution in [0, 0.1) is 0 Å². The minimum atomic E-state index is -0.505. The zero-order chi connectivity index (χ0) is 20.1. The summed E-state index contributed by atoms with van der Waals surface area (Å²) in [6.45, 7) is 0. The van der Waals surface area contributed by atoms with Crippen LogP contribution in [0.1, 0.15) is 11.1 Å². The van der Waals surface area contributed by atoms with Gasteiger partial charge in [-0.1, -0.05) is 84.0 Å². The van der Waals surface area contributed by atoms with Crippen LogP contribution in [0.5, 0.6) is 0 Å². The van der Waals surface area contributed by atoms with Crippen molar-refractivity contribution >= 4 is 17.8 Å². The van der Waals surface area contributed by atoms with Crippen LogP contribution in [0.3, 0.4) is 0 Å². The van der Waals surface area contributed by atoms with Gasteiger partial charge in [-0.2, -0.15) is 0 Å². The Morgan fingerprint density at radius 3 is 2.24 bits per heavy atom. The molecule has 0 saturated carbocycles. The highest BCUT2D eigenvalue weighted by atomic mass is 16.7. The summed E-state index contributed by atoms with van der Waals surface area (Å²) < 4.78 is 4.92. The summed E-state index contributed by atoms with van der Waals surface area (Å²) in [5, 5.41) is 6.51. The lowest BCUT2D eigenvalue weighted by Gasteiger charge is -1.98. The van der Waals surface area contributed by atoms with Crippen molar-refractivity contribution in [2.75, 3.05) is 0 Å². The molecule has 0 fully saturated rings. The van der Waals surface area contributed by atoms with Crippen molar-refractivity contribution in [3.63, 3.8) is 0 Å². The smallest absolute Gasteiger partial charge is 0.338 e. The van der Waals surface area contributed by atoms with E-state index in [1.807, 2.05) is 60.7 Å². The zero-order valence-corrected chi connectivity index (χ0v) is 15.2. The third-order valence-corrected chi connectivity index (χ3v) is 4.29. The third-order valence-electron chi connectivity index (χ3n) is 4.29. The van der Waals surface area contributed by atoms with E-state index in [0.717, 1.165) is 11.1 Å². The SMILES string of the molecule is O=C1ON=C(c2ccccc2)\C1=C/C=C/C=C\c1c(-c2ccccc2)[nH]oc1=O. The second-order valence-electron chi connectivity index (χ2n) is 6.16. The molecule has 1 aliphatic rings. The zero-order valence-electron chi connectivity index (χ0n) is 15.2. The number of oxime groups is 1. The van der Waals surface area contributed by atoms with E-state index in [1.54, 1.807) is 30.4 Å². The van der Waals surface area contributed by atoms with Crippen LogP contribution in [0.25, 0.3) is 17.3 Å². The van der Waals surface area contributed by atoms with Gasteiger partial charge in [0.05, 0.1) is 16.8 Å². The van der Waals surface area contributed by atoms with Crippen LogP contribution in [0.4, 0.5) is 0 Å².